The number of carboxylic acid groups (broad SMARTS) is 1. The standard InChI is InChI=1S/C9H8N2O3S.Na/c12-6-2-1-3-10-7(6)8-11-5(4-15-8)9(13)14;/h1-3,5,12H,4H2,(H,13,14);/q;+1/p-1/t5-;/m0./s1. The Morgan fingerprint density at radius 2 is 2.38 bits per heavy atom. The van der Waals surface area contributed by atoms with Crippen LogP contribution in [0.3, 0.4) is 0 Å². The van der Waals surface area contributed by atoms with Gasteiger partial charge in [0.2, 0.25) is 0 Å². The van der Waals surface area contributed by atoms with Crippen LogP contribution in [-0.2, 0) is 4.79 Å². The Morgan fingerprint density at radius 1 is 1.62 bits per heavy atom. The van der Waals surface area contributed by atoms with Gasteiger partial charge in [0.05, 0.1) is 5.97 Å². The van der Waals surface area contributed by atoms with E-state index in [2.05, 4.69) is 9.98 Å². The molecule has 0 bridgehead atoms. The molecule has 2 heterocycles. The monoisotopic (exact) mass is 246 g/mol. The quantitative estimate of drug-likeness (QED) is 0.545. The number of carboxylic acids is 1. The Bertz CT molecular complexity index is 439. The van der Waals surface area contributed by atoms with E-state index in [0.717, 1.165) is 0 Å². The fourth-order valence-corrected chi connectivity index (χ4v) is 2.21. The summed E-state index contributed by atoms with van der Waals surface area (Å²) >= 11 is 1.25. The van der Waals surface area contributed by atoms with Crippen molar-refractivity contribution in [1.29, 1.82) is 0 Å². The maximum absolute atomic E-state index is 10.5. The van der Waals surface area contributed by atoms with E-state index in [1.165, 1.54) is 24.0 Å². The molecule has 0 aliphatic carbocycles. The van der Waals surface area contributed by atoms with E-state index < -0.39 is 12.0 Å². The van der Waals surface area contributed by atoms with E-state index in [0.29, 0.717) is 16.5 Å². The molecule has 0 radical (unpaired) electrons. The van der Waals surface area contributed by atoms with Gasteiger partial charge in [0, 0.05) is 11.9 Å². The summed E-state index contributed by atoms with van der Waals surface area (Å²) in [5.74, 6) is -0.871. The summed E-state index contributed by atoms with van der Waals surface area (Å²) in [6.45, 7) is 0. The Labute approximate surface area is 118 Å². The van der Waals surface area contributed by atoms with E-state index in [-0.39, 0.29) is 35.3 Å². The predicted octanol–water partition coefficient (Wildman–Crippen LogP) is -3.60. The van der Waals surface area contributed by atoms with Crippen molar-refractivity contribution in [2.45, 2.75) is 6.04 Å². The minimum atomic E-state index is -1.20. The fourth-order valence-electron chi connectivity index (χ4n) is 1.19. The molecule has 5 nitrogen and oxygen atoms in total. The molecule has 2 rings (SSSR count). The molecule has 0 amide bonds. The summed E-state index contributed by atoms with van der Waals surface area (Å²) in [5, 5.41) is 20.5. The minimum absolute atomic E-state index is 0. The molecule has 0 saturated carbocycles. The van der Waals surface area contributed by atoms with Crippen LogP contribution in [-0.4, -0.2) is 32.9 Å². The average Bonchev–Trinajstić information content (AvgIpc) is 2.67. The van der Waals surface area contributed by atoms with Crippen LogP contribution in [0.25, 0.3) is 0 Å². The topological polar surface area (TPSA) is 85.6 Å². The van der Waals surface area contributed by atoms with Crippen molar-refractivity contribution in [2.24, 2.45) is 4.99 Å². The van der Waals surface area contributed by atoms with E-state index in [1.807, 2.05) is 0 Å². The summed E-state index contributed by atoms with van der Waals surface area (Å²) in [5.41, 5.74) is 0.325. The van der Waals surface area contributed by atoms with Gasteiger partial charge in [-0.25, -0.2) is 0 Å². The van der Waals surface area contributed by atoms with Crippen molar-refractivity contribution >= 4 is 22.8 Å². The van der Waals surface area contributed by atoms with Crippen LogP contribution in [0.1, 0.15) is 5.69 Å². The molecule has 16 heavy (non-hydrogen) atoms. The zero-order chi connectivity index (χ0) is 10.8. The number of aromatic hydroxyl groups is 1. The second kappa shape index (κ2) is 5.67. The maximum atomic E-state index is 10.5. The number of carbonyl (C=O) groups is 1. The van der Waals surface area contributed by atoms with E-state index in [4.69, 9.17) is 0 Å². The third kappa shape index (κ3) is 2.76. The number of nitrogens with zero attached hydrogens (tertiary/aromatic N) is 2. The molecule has 0 spiro atoms. The second-order valence-corrected chi connectivity index (χ2v) is 3.96. The van der Waals surface area contributed by atoms with Gasteiger partial charge in [-0.1, -0.05) is 0 Å². The van der Waals surface area contributed by atoms with Crippen molar-refractivity contribution in [3.05, 3.63) is 24.0 Å². The molecule has 1 aliphatic rings. The van der Waals surface area contributed by atoms with E-state index in [1.54, 1.807) is 6.07 Å². The van der Waals surface area contributed by atoms with Crippen molar-refractivity contribution < 1.29 is 44.6 Å². The van der Waals surface area contributed by atoms with Crippen LogP contribution in [0.15, 0.2) is 23.3 Å². The Morgan fingerprint density at radius 3 is 2.94 bits per heavy atom. The SMILES string of the molecule is O=C([O-])[C@@H]1CSC(c2ncccc2O)=N1.[Na+]. The first-order valence-electron chi connectivity index (χ1n) is 4.24. The summed E-state index contributed by atoms with van der Waals surface area (Å²) in [7, 11) is 0. The molecule has 78 valence electrons. The smallest absolute Gasteiger partial charge is 0.548 e. The number of hydrogen-bond donors (Lipinski definition) is 1. The minimum Gasteiger partial charge on any atom is -0.548 e. The first kappa shape index (κ1) is 13.5. The molecule has 1 N–H and O–H groups in total. The van der Waals surface area contributed by atoms with Crippen LogP contribution in [0.4, 0.5) is 0 Å². The third-order valence-corrected chi connectivity index (χ3v) is 2.97. The molecule has 0 fully saturated rings. The van der Waals surface area contributed by atoms with Gasteiger partial charge in [-0.2, -0.15) is 0 Å². The Hall–Kier alpha value is -0.560. The normalized spacial score (nSPS) is 18.8. The molecule has 1 atom stereocenters. The molecule has 1 aromatic rings. The Kier molecular flexibility index (Phi) is 4.79. The number of thioether (sulfide) groups is 1. The maximum Gasteiger partial charge on any atom is 1.00 e. The van der Waals surface area contributed by atoms with Crippen LogP contribution < -0.4 is 34.7 Å². The molecule has 7 heteroatoms. The zero-order valence-corrected chi connectivity index (χ0v) is 11.4. The first-order valence-corrected chi connectivity index (χ1v) is 5.23. The molecule has 1 aromatic heterocycles. The van der Waals surface area contributed by atoms with Gasteiger partial charge in [0.25, 0.3) is 0 Å². The van der Waals surface area contributed by atoms with Gasteiger partial charge in [-0.3, -0.25) is 9.98 Å². The zero-order valence-electron chi connectivity index (χ0n) is 8.58. The molecular weight excluding hydrogens is 239 g/mol. The number of aromatic nitrogens is 1. The summed E-state index contributed by atoms with van der Waals surface area (Å²) < 4.78 is 0. The Balaban J connectivity index is 0.00000128. The largest absolute Gasteiger partial charge is 1.00 e. The van der Waals surface area contributed by atoms with Gasteiger partial charge >= 0.3 is 29.6 Å². The first-order chi connectivity index (χ1) is 7.18. The molecule has 0 aromatic carbocycles. The number of hydrogen-bond acceptors (Lipinski definition) is 6. The molecule has 1 aliphatic heterocycles. The van der Waals surface area contributed by atoms with Gasteiger partial charge in [-0.15, -0.1) is 11.8 Å². The average molecular weight is 246 g/mol. The van der Waals surface area contributed by atoms with Crippen molar-refractivity contribution in [3.8, 4) is 5.75 Å². The van der Waals surface area contributed by atoms with E-state index in [9.17, 15) is 15.0 Å². The van der Waals surface area contributed by atoms with Gasteiger partial charge in [0.15, 0.2) is 0 Å². The van der Waals surface area contributed by atoms with Crippen molar-refractivity contribution in [1.82, 2.24) is 4.98 Å². The van der Waals surface area contributed by atoms with Crippen LogP contribution in [0.2, 0.25) is 0 Å². The fraction of sp³-hybridized carbons (Fsp3) is 0.222. The van der Waals surface area contributed by atoms with E-state index >= 15 is 0 Å². The molecule has 0 saturated heterocycles. The number of aliphatic imine (C=N–C) groups is 1. The number of carbonyl (C=O) groups excluding carboxylic acids is 1. The van der Waals surface area contributed by atoms with Crippen LogP contribution >= 0.6 is 11.8 Å². The van der Waals surface area contributed by atoms with Crippen molar-refractivity contribution in [2.75, 3.05) is 5.75 Å². The van der Waals surface area contributed by atoms with Gasteiger partial charge in [0.1, 0.15) is 22.5 Å². The summed E-state index contributed by atoms with van der Waals surface area (Å²) in [6.07, 6.45) is 1.52. The number of rotatable bonds is 2. The summed E-state index contributed by atoms with van der Waals surface area (Å²) in [4.78, 5) is 18.4. The predicted molar refractivity (Wildman–Crippen MR) is 53.7 cm³/mol. The van der Waals surface area contributed by atoms with Gasteiger partial charge in [-0.05, 0) is 12.1 Å². The molecule has 0 unspecified atom stereocenters. The van der Waals surface area contributed by atoms with Gasteiger partial charge < -0.3 is 15.0 Å². The second-order valence-electron chi connectivity index (χ2n) is 2.95. The number of aliphatic carboxylic acids is 1. The summed E-state index contributed by atoms with van der Waals surface area (Å²) in [6, 6.07) is 2.24. The number of pyridine rings is 1. The van der Waals surface area contributed by atoms with Crippen LogP contribution in [0.5, 0.6) is 5.75 Å². The van der Waals surface area contributed by atoms with Crippen LogP contribution in [0, 0.1) is 0 Å². The third-order valence-electron chi connectivity index (χ3n) is 1.91. The van der Waals surface area contributed by atoms with Crippen molar-refractivity contribution in [3.63, 3.8) is 0 Å². The molecular formula is C9H7N2NaO3S.